The Morgan fingerprint density at radius 1 is 1.29 bits per heavy atom. The van der Waals surface area contributed by atoms with Crippen LogP contribution in [-0.2, 0) is 11.3 Å². The summed E-state index contributed by atoms with van der Waals surface area (Å²) in [6.07, 6.45) is -5.03. The summed E-state index contributed by atoms with van der Waals surface area (Å²) >= 11 is 7.22. The van der Waals surface area contributed by atoms with Gasteiger partial charge >= 0.3 is 6.18 Å². The van der Waals surface area contributed by atoms with Gasteiger partial charge in [-0.2, -0.15) is 13.2 Å². The van der Waals surface area contributed by atoms with E-state index in [0.29, 0.717) is 13.1 Å². The van der Waals surface area contributed by atoms with Gasteiger partial charge in [0, 0.05) is 18.0 Å². The fourth-order valence-corrected chi connectivity index (χ4v) is 2.15. The third-order valence-corrected chi connectivity index (χ3v) is 3.11. The van der Waals surface area contributed by atoms with Gasteiger partial charge in [-0.1, -0.05) is 11.6 Å². The van der Waals surface area contributed by atoms with Crippen molar-refractivity contribution >= 4 is 22.9 Å². The molecule has 0 unspecified atom stereocenters. The molecule has 0 fully saturated rings. The molecule has 7 heteroatoms. The summed E-state index contributed by atoms with van der Waals surface area (Å²) in [4.78, 5) is 1.09. The Labute approximate surface area is 107 Å². The molecule has 0 saturated heterocycles. The van der Waals surface area contributed by atoms with Crippen molar-refractivity contribution in [1.29, 1.82) is 0 Å². The molecule has 0 aliphatic rings. The number of halogens is 4. The van der Waals surface area contributed by atoms with Crippen LogP contribution in [-0.4, -0.2) is 25.9 Å². The predicted octanol–water partition coefficient (Wildman–Crippen LogP) is 3.46. The molecular weight excluding hydrogens is 275 g/mol. The monoisotopic (exact) mass is 287 g/mol. The fourth-order valence-electron chi connectivity index (χ4n) is 1.09. The molecule has 98 valence electrons. The molecule has 0 aliphatic carbocycles. The number of rotatable bonds is 7. The van der Waals surface area contributed by atoms with Gasteiger partial charge in [0.2, 0.25) is 0 Å². The first-order chi connectivity index (χ1) is 7.97. The zero-order valence-corrected chi connectivity index (χ0v) is 10.6. The van der Waals surface area contributed by atoms with Crippen molar-refractivity contribution in [2.75, 3.05) is 19.8 Å². The van der Waals surface area contributed by atoms with E-state index < -0.39 is 12.6 Å². The van der Waals surface area contributed by atoms with E-state index in [9.17, 15) is 13.2 Å². The molecule has 0 amide bonds. The van der Waals surface area contributed by atoms with Crippen LogP contribution in [0.3, 0.4) is 0 Å². The van der Waals surface area contributed by atoms with Gasteiger partial charge in [0.1, 0.15) is 0 Å². The van der Waals surface area contributed by atoms with Gasteiger partial charge in [-0.15, -0.1) is 11.3 Å². The first-order valence-electron chi connectivity index (χ1n) is 5.07. The number of ether oxygens (including phenoxy) is 1. The summed E-state index contributed by atoms with van der Waals surface area (Å²) in [5, 5.41) is 3.06. The molecule has 2 nitrogen and oxygen atoms in total. The molecule has 0 spiro atoms. The van der Waals surface area contributed by atoms with Gasteiger partial charge < -0.3 is 10.1 Å². The lowest BCUT2D eigenvalue weighted by atomic mass is 10.4. The van der Waals surface area contributed by atoms with Gasteiger partial charge in [0.15, 0.2) is 0 Å². The maximum absolute atomic E-state index is 11.7. The highest BCUT2D eigenvalue weighted by Crippen LogP contribution is 2.21. The first kappa shape index (κ1) is 14.8. The van der Waals surface area contributed by atoms with Gasteiger partial charge in [-0.05, 0) is 12.1 Å². The summed E-state index contributed by atoms with van der Waals surface area (Å²) in [5.74, 6) is 0. The maximum Gasteiger partial charge on any atom is 0.391 e. The normalized spacial score (nSPS) is 12.0. The van der Waals surface area contributed by atoms with Crippen LogP contribution in [0.4, 0.5) is 13.2 Å². The Morgan fingerprint density at radius 2 is 2.06 bits per heavy atom. The average molecular weight is 288 g/mol. The Hall–Kier alpha value is -0.300. The topological polar surface area (TPSA) is 21.3 Å². The van der Waals surface area contributed by atoms with Crippen molar-refractivity contribution in [2.45, 2.75) is 19.1 Å². The highest BCUT2D eigenvalue weighted by Gasteiger charge is 2.26. The maximum atomic E-state index is 11.7. The number of hydrogen-bond acceptors (Lipinski definition) is 3. The van der Waals surface area contributed by atoms with Crippen LogP contribution in [0.25, 0.3) is 0 Å². The zero-order valence-electron chi connectivity index (χ0n) is 9.02. The van der Waals surface area contributed by atoms with Gasteiger partial charge in [0.05, 0.1) is 24.0 Å². The zero-order chi connectivity index (χ0) is 12.7. The third-order valence-electron chi connectivity index (χ3n) is 1.88. The van der Waals surface area contributed by atoms with Gasteiger partial charge in [-0.3, -0.25) is 0 Å². The minimum atomic E-state index is -4.14. The van der Waals surface area contributed by atoms with Crippen LogP contribution in [0, 0.1) is 0 Å². The van der Waals surface area contributed by atoms with E-state index in [1.54, 1.807) is 0 Å². The van der Waals surface area contributed by atoms with Crippen molar-refractivity contribution in [3.63, 3.8) is 0 Å². The smallest absolute Gasteiger partial charge is 0.380 e. The van der Waals surface area contributed by atoms with E-state index in [1.165, 1.54) is 11.3 Å². The van der Waals surface area contributed by atoms with E-state index >= 15 is 0 Å². The molecule has 0 atom stereocenters. The molecule has 0 radical (unpaired) electrons. The predicted molar refractivity (Wildman–Crippen MR) is 62.5 cm³/mol. The molecule has 0 saturated carbocycles. The van der Waals surface area contributed by atoms with E-state index in [-0.39, 0.29) is 13.2 Å². The SMILES string of the molecule is FC(F)(F)CCOCCNCc1ccc(Cl)s1. The van der Waals surface area contributed by atoms with Crippen LogP contribution in [0.15, 0.2) is 12.1 Å². The molecule has 1 aromatic heterocycles. The Bertz CT molecular complexity index is 330. The largest absolute Gasteiger partial charge is 0.391 e. The van der Waals surface area contributed by atoms with Crippen molar-refractivity contribution in [3.8, 4) is 0 Å². The Morgan fingerprint density at radius 3 is 2.65 bits per heavy atom. The van der Waals surface area contributed by atoms with Crippen LogP contribution in [0.2, 0.25) is 4.34 Å². The first-order valence-corrected chi connectivity index (χ1v) is 6.26. The lowest BCUT2D eigenvalue weighted by Crippen LogP contribution is -2.20. The Balaban J connectivity index is 1.95. The lowest BCUT2D eigenvalue weighted by molar-refractivity contribution is -0.145. The molecule has 17 heavy (non-hydrogen) atoms. The van der Waals surface area contributed by atoms with Gasteiger partial charge in [0.25, 0.3) is 0 Å². The molecular formula is C10H13ClF3NOS. The lowest BCUT2D eigenvalue weighted by Gasteiger charge is -2.07. The molecule has 0 aliphatic heterocycles. The third kappa shape index (κ3) is 7.59. The van der Waals surface area contributed by atoms with Crippen LogP contribution < -0.4 is 5.32 Å². The van der Waals surface area contributed by atoms with Crippen LogP contribution in [0.5, 0.6) is 0 Å². The second kappa shape index (κ2) is 7.20. The fraction of sp³-hybridized carbons (Fsp3) is 0.600. The minimum Gasteiger partial charge on any atom is -0.380 e. The standard InChI is InChI=1S/C10H13ClF3NOS/c11-9-2-1-8(17-9)7-15-4-6-16-5-3-10(12,13)14/h1-2,15H,3-7H2. The number of alkyl halides is 3. The number of nitrogens with one attached hydrogen (secondary N) is 1. The van der Waals surface area contributed by atoms with E-state index in [1.807, 2.05) is 12.1 Å². The van der Waals surface area contributed by atoms with Crippen molar-refractivity contribution < 1.29 is 17.9 Å². The quantitative estimate of drug-likeness (QED) is 0.776. The van der Waals surface area contributed by atoms with Crippen molar-refractivity contribution in [1.82, 2.24) is 5.32 Å². The summed E-state index contributed by atoms with van der Waals surface area (Å²) in [5.41, 5.74) is 0. The van der Waals surface area contributed by atoms with Crippen molar-refractivity contribution in [3.05, 3.63) is 21.3 Å². The summed E-state index contributed by atoms with van der Waals surface area (Å²) < 4.78 is 40.8. The highest BCUT2D eigenvalue weighted by atomic mass is 35.5. The molecule has 0 bridgehead atoms. The summed E-state index contributed by atoms with van der Waals surface area (Å²) in [6, 6.07) is 3.72. The summed E-state index contributed by atoms with van der Waals surface area (Å²) in [6.45, 7) is 1.17. The molecule has 1 rings (SSSR count). The number of thiophene rings is 1. The second-order valence-electron chi connectivity index (χ2n) is 3.36. The van der Waals surface area contributed by atoms with Crippen molar-refractivity contribution in [2.24, 2.45) is 0 Å². The Kier molecular flexibility index (Phi) is 6.26. The second-order valence-corrected chi connectivity index (χ2v) is 5.16. The molecule has 1 N–H and O–H groups in total. The molecule has 1 aromatic rings. The minimum absolute atomic E-state index is 0.273. The van der Waals surface area contributed by atoms with Crippen LogP contribution >= 0.6 is 22.9 Å². The van der Waals surface area contributed by atoms with E-state index in [4.69, 9.17) is 16.3 Å². The van der Waals surface area contributed by atoms with E-state index in [2.05, 4.69) is 5.32 Å². The van der Waals surface area contributed by atoms with Gasteiger partial charge in [-0.25, -0.2) is 0 Å². The van der Waals surface area contributed by atoms with E-state index in [0.717, 1.165) is 9.21 Å². The van der Waals surface area contributed by atoms with Crippen LogP contribution in [0.1, 0.15) is 11.3 Å². The highest BCUT2D eigenvalue weighted by molar-refractivity contribution is 7.16. The number of hydrogen-bond donors (Lipinski definition) is 1. The average Bonchev–Trinajstić information content (AvgIpc) is 2.61. The summed E-state index contributed by atoms with van der Waals surface area (Å²) in [7, 11) is 0. The molecule has 1 heterocycles. The molecule has 0 aromatic carbocycles.